The van der Waals surface area contributed by atoms with Crippen LogP contribution in [-0.2, 0) is 14.4 Å². The van der Waals surface area contributed by atoms with Crippen LogP contribution in [0.5, 0.6) is 0 Å². The van der Waals surface area contributed by atoms with Gasteiger partial charge >= 0.3 is 0 Å². The minimum absolute atomic E-state index is 0. The molecule has 0 unspecified atom stereocenters. The number of hydrogen-bond donors (Lipinski definition) is 4. The predicted octanol–water partition coefficient (Wildman–Crippen LogP) is 3.81. The molecular weight excluding hydrogens is 480 g/mol. The standard InChI is InChI=1S/C27H42N4O4.ClH/c1-19(2)17-24(23(26(33)30-35)12-8-11-21-9-6-5-7-10-21)25(32)29-31(18-20(3)4)27(34)22-13-15-28-16-14-22;/h5-11,19-20,22-24,28,35H,12-18H2,1-4H3,(H,29,32)(H,30,33);1H/b11-8+;/t23-,24+;/m0./s1. The third-order valence-corrected chi connectivity index (χ3v) is 6.24. The molecule has 36 heavy (non-hydrogen) atoms. The number of rotatable bonds is 11. The van der Waals surface area contributed by atoms with E-state index in [1.54, 1.807) is 5.48 Å². The van der Waals surface area contributed by atoms with Crippen LogP contribution in [0.3, 0.4) is 0 Å². The Labute approximate surface area is 221 Å². The first-order valence-electron chi connectivity index (χ1n) is 12.7. The molecule has 1 heterocycles. The van der Waals surface area contributed by atoms with Crippen molar-refractivity contribution in [2.45, 2.75) is 53.4 Å². The first-order valence-corrected chi connectivity index (χ1v) is 12.7. The maximum atomic E-state index is 13.5. The summed E-state index contributed by atoms with van der Waals surface area (Å²) in [6.07, 6.45) is 5.94. The number of carbonyl (C=O) groups is 3. The molecule has 3 amide bonds. The van der Waals surface area contributed by atoms with Gasteiger partial charge in [-0.1, -0.05) is 70.2 Å². The Balaban J connectivity index is 0.00000648. The summed E-state index contributed by atoms with van der Waals surface area (Å²) >= 11 is 0. The zero-order chi connectivity index (χ0) is 25.8. The van der Waals surface area contributed by atoms with Gasteiger partial charge in [0.1, 0.15) is 0 Å². The van der Waals surface area contributed by atoms with Gasteiger partial charge in [-0.3, -0.25) is 30.0 Å². The van der Waals surface area contributed by atoms with Crippen molar-refractivity contribution in [3.63, 3.8) is 0 Å². The second-order valence-electron chi connectivity index (χ2n) is 10.2. The van der Waals surface area contributed by atoms with Crippen molar-refractivity contribution in [3.8, 4) is 0 Å². The average molecular weight is 523 g/mol. The molecule has 2 rings (SSSR count). The summed E-state index contributed by atoms with van der Waals surface area (Å²) < 4.78 is 0. The van der Waals surface area contributed by atoms with Gasteiger partial charge in [-0.15, -0.1) is 12.4 Å². The quantitative estimate of drug-likeness (QED) is 0.261. The van der Waals surface area contributed by atoms with Gasteiger partial charge in [0.15, 0.2) is 0 Å². The normalized spacial score (nSPS) is 15.9. The molecule has 9 heteroatoms. The molecule has 0 saturated carbocycles. The van der Waals surface area contributed by atoms with Gasteiger partial charge in [0.2, 0.25) is 17.7 Å². The topological polar surface area (TPSA) is 111 Å². The van der Waals surface area contributed by atoms with E-state index in [-0.39, 0.29) is 48.4 Å². The number of piperidine rings is 1. The highest BCUT2D eigenvalue weighted by Gasteiger charge is 2.36. The molecule has 1 aliphatic rings. The number of amides is 3. The van der Waals surface area contributed by atoms with Crippen molar-refractivity contribution < 1.29 is 19.6 Å². The van der Waals surface area contributed by atoms with Crippen molar-refractivity contribution in [1.29, 1.82) is 0 Å². The summed E-state index contributed by atoms with van der Waals surface area (Å²) in [5.41, 5.74) is 5.58. The summed E-state index contributed by atoms with van der Waals surface area (Å²) in [5, 5.41) is 14.1. The maximum Gasteiger partial charge on any atom is 0.247 e. The van der Waals surface area contributed by atoms with Gasteiger partial charge in [-0.25, -0.2) is 5.48 Å². The highest BCUT2D eigenvalue weighted by atomic mass is 35.5. The molecule has 1 aliphatic heterocycles. The third-order valence-electron chi connectivity index (χ3n) is 6.24. The van der Waals surface area contributed by atoms with Crippen LogP contribution in [0.2, 0.25) is 0 Å². The lowest BCUT2D eigenvalue weighted by atomic mass is 9.82. The minimum Gasteiger partial charge on any atom is -0.317 e. The fourth-order valence-corrected chi connectivity index (χ4v) is 4.47. The Hall–Kier alpha value is -2.42. The molecule has 0 radical (unpaired) electrons. The van der Waals surface area contributed by atoms with E-state index >= 15 is 0 Å². The van der Waals surface area contributed by atoms with Crippen LogP contribution < -0.4 is 16.2 Å². The second kappa shape index (κ2) is 16.3. The van der Waals surface area contributed by atoms with E-state index in [9.17, 15) is 19.6 Å². The average Bonchev–Trinajstić information content (AvgIpc) is 2.85. The number of halogens is 1. The number of nitrogens with zero attached hydrogens (tertiary/aromatic N) is 1. The Bertz CT molecular complexity index is 841. The van der Waals surface area contributed by atoms with Crippen molar-refractivity contribution in [3.05, 3.63) is 42.0 Å². The highest BCUT2D eigenvalue weighted by molar-refractivity contribution is 5.89. The van der Waals surface area contributed by atoms with Crippen LogP contribution in [0.4, 0.5) is 0 Å². The molecule has 2 atom stereocenters. The zero-order valence-electron chi connectivity index (χ0n) is 21.9. The molecule has 1 aromatic rings. The monoisotopic (exact) mass is 522 g/mol. The largest absolute Gasteiger partial charge is 0.317 e. The molecular formula is C27H43ClN4O4. The molecule has 0 aliphatic carbocycles. The summed E-state index contributed by atoms with van der Waals surface area (Å²) in [5.74, 6) is -2.39. The van der Waals surface area contributed by atoms with Gasteiger partial charge in [0.05, 0.1) is 11.8 Å². The lowest BCUT2D eigenvalue weighted by Gasteiger charge is -2.33. The van der Waals surface area contributed by atoms with Gasteiger partial charge in [0.25, 0.3) is 0 Å². The molecule has 0 spiro atoms. The van der Waals surface area contributed by atoms with E-state index in [4.69, 9.17) is 0 Å². The van der Waals surface area contributed by atoms with Gasteiger partial charge in [0, 0.05) is 12.5 Å². The molecule has 1 fully saturated rings. The van der Waals surface area contributed by atoms with Crippen LogP contribution in [0.25, 0.3) is 6.08 Å². The summed E-state index contributed by atoms with van der Waals surface area (Å²) in [6.45, 7) is 9.92. The SMILES string of the molecule is CC(C)C[C@@H](C(=O)NN(CC(C)C)C(=O)C1CCNCC1)[C@H](C/C=C/c1ccccc1)C(=O)NO.Cl. The van der Waals surface area contributed by atoms with Crippen LogP contribution in [0.15, 0.2) is 36.4 Å². The molecule has 0 aromatic heterocycles. The fourth-order valence-electron chi connectivity index (χ4n) is 4.47. The van der Waals surface area contributed by atoms with E-state index in [0.717, 1.165) is 31.5 Å². The first kappa shape index (κ1) is 31.6. The number of nitrogens with one attached hydrogen (secondary N) is 3. The Morgan fingerprint density at radius 1 is 1.03 bits per heavy atom. The maximum absolute atomic E-state index is 13.5. The Kier molecular flexibility index (Phi) is 14.4. The lowest BCUT2D eigenvalue weighted by molar-refractivity contribution is -0.150. The van der Waals surface area contributed by atoms with Crippen molar-refractivity contribution in [1.82, 2.24) is 21.2 Å². The second-order valence-corrected chi connectivity index (χ2v) is 10.2. The minimum atomic E-state index is -0.780. The van der Waals surface area contributed by atoms with Gasteiger partial charge in [-0.05, 0) is 56.2 Å². The lowest BCUT2D eigenvalue weighted by Crippen LogP contribution is -2.54. The van der Waals surface area contributed by atoms with E-state index < -0.39 is 17.7 Å². The number of hydrogen-bond acceptors (Lipinski definition) is 5. The Morgan fingerprint density at radius 3 is 2.22 bits per heavy atom. The van der Waals surface area contributed by atoms with Gasteiger partial charge < -0.3 is 5.32 Å². The van der Waals surface area contributed by atoms with Crippen molar-refractivity contribution in [2.24, 2.45) is 29.6 Å². The highest BCUT2D eigenvalue weighted by Crippen LogP contribution is 2.26. The summed E-state index contributed by atoms with van der Waals surface area (Å²) in [4.78, 5) is 39.5. The fraction of sp³-hybridized carbons (Fsp3) is 0.593. The molecule has 1 aromatic carbocycles. The van der Waals surface area contributed by atoms with Crippen molar-refractivity contribution in [2.75, 3.05) is 19.6 Å². The summed E-state index contributed by atoms with van der Waals surface area (Å²) in [7, 11) is 0. The smallest absolute Gasteiger partial charge is 0.247 e. The van der Waals surface area contributed by atoms with E-state index in [1.807, 2.05) is 70.2 Å². The van der Waals surface area contributed by atoms with E-state index in [0.29, 0.717) is 13.0 Å². The number of allylic oxidation sites excluding steroid dienone is 1. The number of hydroxylamine groups is 1. The summed E-state index contributed by atoms with van der Waals surface area (Å²) in [6, 6.07) is 9.68. The zero-order valence-corrected chi connectivity index (χ0v) is 22.7. The first-order chi connectivity index (χ1) is 16.7. The predicted molar refractivity (Wildman–Crippen MR) is 144 cm³/mol. The van der Waals surface area contributed by atoms with Gasteiger partial charge in [-0.2, -0.15) is 0 Å². The Morgan fingerprint density at radius 2 is 1.67 bits per heavy atom. The van der Waals surface area contributed by atoms with Crippen LogP contribution in [0, 0.1) is 29.6 Å². The third kappa shape index (κ3) is 10.3. The number of benzene rings is 1. The van der Waals surface area contributed by atoms with Crippen LogP contribution in [0.1, 0.15) is 58.9 Å². The van der Waals surface area contributed by atoms with Crippen LogP contribution >= 0.6 is 12.4 Å². The number of carbonyl (C=O) groups excluding carboxylic acids is 3. The molecule has 4 N–H and O–H groups in total. The molecule has 8 nitrogen and oxygen atoms in total. The number of hydrazine groups is 1. The molecule has 1 saturated heterocycles. The molecule has 0 bridgehead atoms. The molecule has 202 valence electrons. The van der Waals surface area contributed by atoms with Crippen LogP contribution in [-0.4, -0.2) is 47.6 Å². The van der Waals surface area contributed by atoms with E-state index in [2.05, 4.69) is 10.7 Å². The van der Waals surface area contributed by atoms with Crippen molar-refractivity contribution >= 4 is 36.2 Å². The van der Waals surface area contributed by atoms with E-state index in [1.165, 1.54) is 5.01 Å².